The van der Waals surface area contributed by atoms with Gasteiger partial charge in [-0.2, -0.15) is 0 Å². The molecule has 1 fully saturated rings. The molecule has 1 saturated heterocycles. The summed E-state index contributed by atoms with van der Waals surface area (Å²) < 4.78 is 29.9. The molecule has 0 atom stereocenters. The molecule has 0 aliphatic carbocycles. The van der Waals surface area contributed by atoms with E-state index in [-0.39, 0.29) is 12.0 Å². The molecule has 1 aliphatic rings. The van der Waals surface area contributed by atoms with Crippen molar-refractivity contribution in [3.63, 3.8) is 0 Å². The Balaban J connectivity index is 1.79. The van der Waals surface area contributed by atoms with Crippen molar-refractivity contribution >= 4 is 15.9 Å². The molecule has 24 heavy (non-hydrogen) atoms. The van der Waals surface area contributed by atoms with Crippen molar-refractivity contribution in [2.24, 2.45) is 5.92 Å². The normalized spacial score (nSPS) is 17.0. The van der Waals surface area contributed by atoms with Crippen LogP contribution in [0, 0.1) is 5.92 Å². The second-order valence-corrected chi connectivity index (χ2v) is 8.35. The molecule has 8 heteroatoms. The minimum absolute atomic E-state index is 0.0370. The Bertz CT molecular complexity index is 650. The molecule has 1 aromatic heterocycles. The van der Waals surface area contributed by atoms with Gasteiger partial charge >= 0.3 is 0 Å². The van der Waals surface area contributed by atoms with Gasteiger partial charge in [0.1, 0.15) is 0 Å². The number of nitrogens with one attached hydrogen (secondary N) is 1. The maximum absolute atomic E-state index is 12.1. The van der Waals surface area contributed by atoms with Crippen molar-refractivity contribution in [1.29, 1.82) is 0 Å². The summed E-state index contributed by atoms with van der Waals surface area (Å²) in [5.41, 5.74) is 0.486. The zero-order valence-electron chi connectivity index (χ0n) is 14.4. The average molecular weight is 355 g/mol. The number of pyridine rings is 1. The molecule has 1 aromatic rings. The van der Waals surface area contributed by atoms with Gasteiger partial charge in [0.25, 0.3) is 5.91 Å². The predicted molar refractivity (Wildman–Crippen MR) is 91.5 cm³/mol. The van der Waals surface area contributed by atoms with Crippen LogP contribution in [0.5, 0.6) is 5.88 Å². The van der Waals surface area contributed by atoms with Crippen molar-refractivity contribution in [3.05, 3.63) is 23.9 Å². The summed E-state index contributed by atoms with van der Waals surface area (Å²) >= 11 is 0. The Morgan fingerprint density at radius 3 is 2.54 bits per heavy atom. The van der Waals surface area contributed by atoms with Crippen LogP contribution in [0.25, 0.3) is 0 Å². The number of hydrogen-bond acceptors (Lipinski definition) is 5. The third-order valence-electron chi connectivity index (χ3n) is 3.95. The van der Waals surface area contributed by atoms with Gasteiger partial charge in [0.15, 0.2) is 0 Å². The number of piperidine rings is 1. The summed E-state index contributed by atoms with van der Waals surface area (Å²) in [6, 6.07) is 3.37. The van der Waals surface area contributed by atoms with Gasteiger partial charge in [0.05, 0.1) is 17.9 Å². The maximum atomic E-state index is 12.1. The first-order valence-electron chi connectivity index (χ1n) is 8.11. The molecular formula is C16H25N3O4S. The molecule has 2 rings (SSSR count). The number of ether oxygens (including phenoxy) is 1. The molecule has 1 aliphatic heterocycles. The molecule has 2 heterocycles. The lowest BCUT2D eigenvalue weighted by molar-refractivity contribution is 0.0941. The van der Waals surface area contributed by atoms with E-state index in [2.05, 4.69) is 10.3 Å². The largest absolute Gasteiger partial charge is 0.475 e. The van der Waals surface area contributed by atoms with Crippen LogP contribution in [0.3, 0.4) is 0 Å². The first kappa shape index (κ1) is 18.7. The summed E-state index contributed by atoms with van der Waals surface area (Å²) in [7, 11) is -3.11. The summed E-state index contributed by atoms with van der Waals surface area (Å²) in [5.74, 6) is 0.613. The molecular weight excluding hydrogens is 330 g/mol. The van der Waals surface area contributed by atoms with E-state index < -0.39 is 10.0 Å². The van der Waals surface area contributed by atoms with E-state index in [1.807, 2.05) is 13.8 Å². The highest BCUT2D eigenvalue weighted by Gasteiger charge is 2.25. The fourth-order valence-electron chi connectivity index (χ4n) is 2.61. The van der Waals surface area contributed by atoms with E-state index in [1.165, 1.54) is 16.8 Å². The molecule has 0 saturated carbocycles. The second-order valence-electron chi connectivity index (χ2n) is 6.37. The van der Waals surface area contributed by atoms with Crippen molar-refractivity contribution in [3.8, 4) is 5.88 Å². The number of amides is 1. The zero-order chi connectivity index (χ0) is 17.7. The van der Waals surface area contributed by atoms with E-state index in [0.717, 1.165) is 12.8 Å². The Kier molecular flexibility index (Phi) is 6.17. The van der Waals surface area contributed by atoms with Gasteiger partial charge < -0.3 is 10.1 Å². The molecule has 0 unspecified atom stereocenters. The fraction of sp³-hybridized carbons (Fsp3) is 0.625. The van der Waals surface area contributed by atoms with E-state index in [0.29, 0.717) is 37.0 Å². The molecule has 0 bridgehead atoms. The highest BCUT2D eigenvalue weighted by molar-refractivity contribution is 7.88. The third-order valence-corrected chi connectivity index (χ3v) is 5.25. The molecule has 0 radical (unpaired) electrons. The highest BCUT2D eigenvalue weighted by atomic mass is 32.2. The highest BCUT2D eigenvalue weighted by Crippen LogP contribution is 2.18. The Morgan fingerprint density at radius 2 is 2.04 bits per heavy atom. The molecule has 7 nitrogen and oxygen atoms in total. The summed E-state index contributed by atoms with van der Waals surface area (Å²) in [6.07, 6.45) is 4.28. The smallest absolute Gasteiger partial charge is 0.252 e. The van der Waals surface area contributed by atoms with Gasteiger partial charge in [-0.25, -0.2) is 17.7 Å². The number of sulfonamides is 1. The van der Waals surface area contributed by atoms with Crippen LogP contribution in [-0.2, 0) is 10.0 Å². The zero-order valence-corrected chi connectivity index (χ0v) is 15.2. The van der Waals surface area contributed by atoms with E-state index in [1.54, 1.807) is 12.1 Å². The van der Waals surface area contributed by atoms with Crippen molar-refractivity contribution in [2.45, 2.75) is 32.8 Å². The minimum Gasteiger partial charge on any atom is -0.475 e. The summed E-state index contributed by atoms with van der Waals surface area (Å²) in [5, 5.41) is 2.89. The fourth-order valence-corrected chi connectivity index (χ4v) is 3.48. The first-order valence-corrected chi connectivity index (χ1v) is 9.96. The third kappa shape index (κ3) is 5.45. The van der Waals surface area contributed by atoms with E-state index >= 15 is 0 Å². The van der Waals surface area contributed by atoms with Crippen molar-refractivity contribution < 1.29 is 17.9 Å². The van der Waals surface area contributed by atoms with Crippen LogP contribution < -0.4 is 10.1 Å². The summed E-state index contributed by atoms with van der Waals surface area (Å²) in [6.45, 7) is 5.40. The van der Waals surface area contributed by atoms with Crippen LogP contribution >= 0.6 is 0 Å². The monoisotopic (exact) mass is 355 g/mol. The van der Waals surface area contributed by atoms with Crippen LogP contribution in [0.1, 0.15) is 37.0 Å². The number of carbonyl (C=O) groups is 1. The minimum atomic E-state index is -3.11. The predicted octanol–water partition coefficient (Wildman–Crippen LogP) is 1.27. The lowest BCUT2D eigenvalue weighted by Gasteiger charge is -2.30. The van der Waals surface area contributed by atoms with Gasteiger partial charge in [0, 0.05) is 31.9 Å². The summed E-state index contributed by atoms with van der Waals surface area (Å²) in [4.78, 5) is 16.3. The van der Waals surface area contributed by atoms with Gasteiger partial charge in [-0.05, 0) is 38.7 Å². The van der Waals surface area contributed by atoms with Gasteiger partial charge in [0.2, 0.25) is 15.9 Å². The SMILES string of the molecule is CC(C)Oc1ccc(C(=O)NCC2CCN(S(C)(=O)=O)CC2)cn1. The van der Waals surface area contributed by atoms with E-state index in [4.69, 9.17) is 4.74 Å². The molecule has 134 valence electrons. The van der Waals surface area contributed by atoms with E-state index in [9.17, 15) is 13.2 Å². The van der Waals surface area contributed by atoms with Gasteiger partial charge in [-0.15, -0.1) is 0 Å². The lowest BCUT2D eigenvalue weighted by atomic mass is 9.98. The number of rotatable bonds is 6. The molecule has 0 aromatic carbocycles. The molecule has 1 N–H and O–H groups in total. The van der Waals surface area contributed by atoms with Crippen LogP contribution in [0.4, 0.5) is 0 Å². The number of nitrogens with zero attached hydrogens (tertiary/aromatic N) is 2. The Hall–Kier alpha value is -1.67. The Labute approximate surface area is 143 Å². The Morgan fingerprint density at radius 1 is 1.38 bits per heavy atom. The van der Waals surface area contributed by atoms with Crippen molar-refractivity contribution in [1.82, 2.24) is 14.6 Å². The molecule has 0 spiro atoms. The standard InChI is InChI=1S/C16H25N3O4S/c1-12(2)23-15-5-4-14(11-17-15)16(20)18-10-13-6-8-19(9-7-13)24(3,21)22/h4-5,11-13H,6-10H2,1-3H3,(H,18,20). The molecule has 1 amide bonds. The van der Waals surface area contributed by atoms with Gasteiger partial charge in [-0.3, -0.25) is 4.79 Å². The van der Waals surface area contributed by atoms with Crippen molar-refractivity contribution in [2.75, 3.05) is 25.9 Å². The average Bonchev–Trinajstić information content (AvgIpc) is 2.52. The number of carbonyl (C=O) groups excluding carboxylic acids is 1. The topological polar surface area (TPSA) is 88.6 Å². The second kappa shape index (κ2) is 7.94. The van der Waals surface area contributed by atoms with Gasteiger partial charge in [-0.1, -0.05) is 0 Å². The van der Waals surface area contributed by atoms with Crippen LogP contribution in [0.15, 0.2) is 18.3 Å². The maximum Gasteiger partial charge on any atom is 0.252 e. The lowest BCUT2D eigenvalue weighted by Crippen LogP contribution is -2.41. The van der Waals surface area contributed by atoms with Crippen LogP contribution in [0.2, 0.25) is 0 Å². The first-order chi connectivity index (χ1) is 11.3. The van der Waals surface area contributed by atoms with Crippen LogP contribution in [-0.4, -0.2) is 55.6 Å². The number of aromatic nitrogens is 1. The number of hydrogen-bond donors (Lipinski definition) is 1. The quantitative estimate of drug-likeness (QED) is 0.830.